The highest BCUT2D eigenvalue weighted by atomic mass is 35.5. The summed E-state index contributed by atoms with van der Waals surface area (Å²) in [6.45, 7) is 4.81. The van der Waals surface area contributed by atoms with E-state index in [1.54, 1.807) is 23.0 Å². The van der Waals surface area contributed by atoms with E-state index in [4.69, 9.17) is 16.6 Å². The van der Waals surface area contributed by atoms with E-state index in [9.17, 15) is 9.59 Å². The first-order chi connectivity index (χ1) is 19.6. The summed E-state index contributed by atoms with van der Waals surface area (Å²) in [4.78, 5) is 38.1. The molecule has 6 rings (SSSR count). The lowest BCUT2D eigenvalue weighted by Gasteiger charge is -2.33. The summed E-state index contributed by atoms with van der Waals surface area (Å²) in [6.07, 6.45) is 5.84. The van der Waals surface area contributed by atoms with Crippen molar-refractivity contribution in [3.8, 4) is 0 Å². The Hall–Kier alpha value is -3.57. The Morgan fingerprint density at radius 2 is 1.98 bits per heavy atom. The number of carbonyl (C=O) groups is 1. The summed E-state index contributed by atoms with van der Waals surface area (Å²) in [7, 11) is 3.77. The van der Waals surface area contributed by atoms with Gasteiger partial charge in [0.1, 0.15) is 5.15 Å². The second-order valence-electron chi connectivity index (χ2n) is 11.1. The molecule has 10 nitrogen and oxygen atoms in total. The molecule has 1 aromatic carbocycles. The number of rotatable bonds is 7. The molecule has 2 fully saturated rings. The number of nitrogens with one attached hydrogen (secondary N) is 2. The lowest BCUT2D eigenvalue weighted by atomic mass is 9.91. The van der Waals surface area contributed by atoms with E-state index in [0.29, 0.717) is 40.4 Å². The van der Waals surface area contributed by atoms with Gasteiger partial charge in [0, 0.05) is 50.6 Å². The zero-order valence-electron chi connectivity index (χ0n) is 23.7. The topological polar surface area (TPSA) is 110 Å². The molecule has 1 amide bonds. The van der Waals surface area contributed by atoms with Crippen LogP contribution in [-0.2, 0) is 14.1 Å². The van der Waals surface area contributed by atoms with Crippen molar-refractivity contribution < 1.29 is 4.79 Å². The highest BCUT2D eigenvalue weighted by molar-refractivity contribution is 7.97. The predicted molar refractivity (Wildman–Crippen MR) is 164 cm³/mol. The number of halogens is 1. The van der Waals surface area contributed by atoms with Crippen LogP contribution in [0.2, 0.25) is 5.15 Å². The number of hydrogen-bond acceptors (Lipinski definition) is 8. The molecular formula is C29H33ClN8O2S. The van der Waals surface area contributed by atoms with Crippen LogP contribution in [0.5, 0.6) is 0 Å². The van der Waals surface area contributed by atoms with Crippen LogP contribution in [0.3, 0.4) is 0 Å². The van der Waals surface area contributed by atoms with Crippen molar-refractivity contribution >= 4 is 52.0 Å². The average Bonchev–Trinajstić information content (AvgIpc) is 3.67. The number of pyridine rings is 1. The Labute approximate surface area is 247 Å². The van der Waals surface area contributed by atoms with Gasteiger partial charge in [0.2, 0.25) is 5.95 Å². The summed E-state index contributed by atoms with van der Waals surface area (Å²) >= 11 is 7.31. The van der Waals surface area contributed by atoms with E-state index in [1.165, 1.54) is 11.9 Å². The highest BCUT2D eigenvalue weighted by Crippen LogP contribution is 2.48. The lowest BCUT2D eigenvalue weighted by molar-refractivity contribution is 0.0980. The standard InChI is InChI=1S/C29H33ClN8O2S/c1-15-10-19(16(2)31-23-6-7-24(30)32-26(23)27(39)35-41-5)25-21(11-15)28(40)37(4)29(33-25)38-14-17-12-18(38)13-20(17)22-8-9-36(3)34-22/h6-11,16-18,20,31H,12-14H2,1-5H3,(H,35,39). The van der Waals surface area contributed by atoms with Crippen molar-refractivity contribution in [2.75, 3.05) is 23.0 Å². The van der Waals surface area contributed by atoms with Crippen LogP contribution in [0.4, 0.5) is 11.6 Å². The largest absolute Gasteiger partial charge is 0.377 e. The summed E-state index contributed by atoms with van der Waals surface area (Å²) in [6, 6.07) is 9.49. The van der Waals surface area contributed by atoms with Gasteiger partial charge >= 0.3 is 0 Å². The number of aryl methyl sites for hydroxylation is 2. The van der Waals surface area contributed by atoms with Gasteiger partial charge in [0.25, 0.3) is 11.5 Å². The van der Waals surface area contributed by atoms with Crippen molar-refractivity contribution in [2.24, 2.45) is 20.0 Å². The highest BCUT2D eigenvalue weighted by Gasteiger charge is 2.47. The molecule has 214 valence electrons. The third-order valence-electron chi connectivity index (χ3n) is 8.35. The van der Waals surface area contributed by atoms with Gasteiger partial charge in [-0.25, -0.2) is 9.97 Å². The number of benzene rings is 1. The van der Waals surface area contributed by atoms with Crippen LogP contribution in [-0.4, -0.2) is 49.1 Å². The van der Waals surface area contributed by atoms with E-state index in [1.807, 2.05) is 44.9 Å². The lowest BCUT2D eigenvalue weighted by Crippen LogP contribution is -2.39. The minimum Gasteiger partial charge on any atom is -0.377 e. The molecule has 12 heteroatoms. The number of fused-ring (bicyclic) bond motifs is 3. The second-order valence-corrected chi connectivity index (χ2v) is 12.1. The molecule has 4 unspecified atom stereocenters. The summed E-state index contributed by atoms with van der Waals surface area (Å²) in [5.74, 6) is 1.26. The van der Waals surface area contributed by atoms with Crippen molar-refractivity contribution in [2.45, 2.75) is 44.7 Å². The molecular weight excluding hydrogens is 560 g/mol. The number of aromatic nitrogens is 5. The van der Waals surface area contributed by atoms with Gasteiger partial charge in [-0.1, -0.05) is 29.6 Å². The van der Waals surface area contributed by atoms with Crippen molar-refractivity contribution in [3.05, 3.63) is 74.6 Å². The summed E-state index contributed by atoms with van der Waals surface area (Å²) in [5, 5.41) is 8.90. The SMILES string of the molecule is CSNC(=O)c1nc(Cl)ccc1NC(C)c1cc(C)cc2c(=O)n(C)c(N3CC4CC3CC4c3ccn(C)n3)nc12. The van der Waals surface area contributed by atoms with Crippen LogP contribution in [0, 0.1) is 12.8 Å². The molecule has 0 radical (unpaired) electrons. The van der Waals surface area contributed by atoms with Gasteiger partial charge in [-0.15, -0.1) is 0 Å². The fraction of sp³-hybridized carbons (Fsp3) is 0.414. The summed E-state index contributed by atoms with van der Waals surface area (Å²) in [5.41, 5.74) is 4.33. The van der Waals surface area contributed by atoms with Crippen molar-refractivity contribution in [3.63, 3.8) is 0 Å². The molecule has 2 aliphatic rings. The van der Waals surface area contributed by atoms with Gasteiger partial charge in [-0.3, -0.25) is 23.6 Å². The Morgan fingerprint density at radius 3 is 2.66 bits per heavy atom. The van der Waals surface area contributed by atoms with E-state index < -0.39 is 0 Å². The van der Waals surface area contributed by atoms with Crippen LogP contribution in [0.1, 0.15) is 59.0 Å². The molecule has 1 aliphatic carbocycles. The molecule has 41 heavy (non-hydrogen) atoms. The van der Waals surface area contributed by atoms with Gasteiger partial charge in [0.15, 0.2) is 5.69 Å². The zero-order chi connectivity index (χ0) is 29.0. The molecule has 2 bridgehead atoms. The number of carbonyl (C=O) groups excluding carboxylic acids is 1. The number of anilines is 2. The van der Waals surface area contributed by atoms with Crippen molar-refractivity contribution in [1.29, 1.82) is 0 Å². The molecule has 3 aromatic heterocycles. The van der Waals surface area contributed by atoms with Gasteiger partial charge in [-0.05, 0) is 62.4 Å². The number of nitrogens with zero attached hydrogens (tertiary/aromatic N) is 6. The van der Waals surface area contributed by atoms with E-state index in [0.717, 1.165) is 36.2 Å². The van der Waals surface area contributed by atoms with Crippen LogP contribution >= 0.6 is 23.5 Å². The first-order valence-electron chi connectivity index (χ1n) is 13.7. The first-order valence-corrected chi connectivity index (χ1v) is 15.3. The minimum atomic E-state index is -0.342. The van der Waals surface area contributed by atoms with E-state index in [-0.39, 0.29) is 28.4 Å². The van der Waals surface area contributed by atoms with Gasteiger partial charge in [-0.2, -0.15) is 5.10 Å². The van der Waals surface area contributed by atoms with Crippen LogP contribution < -0.4 is 20.5 Å². The first kappa shape index (κ1) is 27.6. The van der Waals surface area contributed by atoms with Crippen LogP contribution in [0.25, 0.3) is 10.9 Å². The monoisotopic (exact) mass is 592 g/mol. The number of hydrogen-bond donors (Lipinski definition) is 2. The van der Waals surface area contributed by atoms with Gasteiger partial charge < -0.3 is 10.2 Å². The predicted octanol–water partition coefficient (Wildman–Crippen LogP) is 4.59. The maximum Gasteiger partial charge on any atom is 0.281 e. The van der Waals surface area contributed by atoms with E-state index in [2.05, 4.69) is 37.2 Å². The number of piperidine rings is 1. The third kappa shape index (κ3) is 4.95. The minimum absolute atomic E-state index is 0.0700. The quantitative estimate of drug-likeness (QED) is 0.237. The van der Waals surface area contributed by atoms with Crippen molar-refractivity contribution in [1.82, 2.24) is 29.0 Å². The number of amides is 1. The Kier molecular flexibility index (Phi) is 7.19. The molecule has 2 N–H and O–H groups in total. The molecule has 1 saturated carbocycles. The molecule has 0 spiro atoms. The molecule has 1 aliphatic heterocycles. The molecule has 4 aromatic rings. The molecule has 1 saturated heterocycles. The maximum absolute atomic E-state index is 13.7. The third-order valence-corrected chi connectivity index (χ3v) is 8.95. The van der Waals surface area contributed by atoms with E-state index >= 15 is 0 Å². The Balaban J connectivity index is 1.36. The normalized spacial score (nSPS) is 20.5. The van der Waals surface area contributed by atoms with Crippen LogP contribution in [0.15, 0.2) is 41.3 Å². The average molecular weight is 593 g/mol. The second kappa shape index (κ2) is 10.7. The Bertz CT molecular complexity index is 1720. The summed E-state index contributed by atoms with van der Waals surface area (Å²) < 4.78 is 6.27. The molecule has 4 heterocycles. The smallest absolute Gasteiger partial charge is 0.281 e. The van der Waals surface area contributed by atoms with Gasteiger partial charge in [0.05, 0.1) is 28.3 Å². The molecule has 4 atom stereocenters. The fourth-order valence-electron chi connectivity index (χ4n) is 6.50. The fourth-order valence-corrected chi connectivity index (χ4v) is 6.93. The zero-order valence-corrected chi connectivity index (χ0v) is 25.3. The Morgan fingerprint density at radius 1 is 1.17 bits per heavy atom. The maximum atomic E-state index is 13.7.